The number of hydrogen-bond acceptors (Lipinski definition) is 1. The average Bonchev–Trinajstić information content (AvgIpc) is 2.23. The van der Waals surface area contributed by atoms with Crippen LogP contribution in [0.3, 0.4) is 0 Å². The van der Waals surface area contributed by atoms with Gasteiger partial charge in [0.2, 0.25) is 0 Å². The Morgan fingerprint density at radius 3 is 2.88 bits per heavy atom. The van der Waals surface area contributed by atoms with E-state index in [0.717, 1.165) is 12.8 Å². The molecule has 0 radical (unpaired) electrons. The van der Waals surface area contributed by atoms with Gasteiger partial charge in [0.1, 0.15) is 5.82 Å². The summed E-state index contributed by atoms with van der Waals surface area (Å²) in [6.07, 6.45) is 3.30. The largest absolute Gasteiger partial charge is 0.330 e. The summed E-state index contributed by atoms with van der Waals surface area (Å²) in [4.78, 5) is 0. The Kier molecular flexibility index (Phi) is 3.02. The van der Waals surface area contributed by atoms with Gasteiger partial charge in [0.25, 0.3) is 0 Å². The average molecular weight is 221 g/mol. The van der Waals surface area contributed by atoms with Crippen molar-refractivity contribution in [3.8, 4) is 0 Å². The van der Waals surface area contributed by atoms with E-state index in [1.807, 2.05) is 6.07 Å². The van der Waals surface area contributed by atoms with Gasteiger partial charge in [0, 0.05) is 0 Å². The van der Waals surface area contributed by atoms with E-state index in [-0.39, 0.29) is 11.2 Å². The maximum absolute atomic E-state index is 13.3. The van der Waals surface area contributed by atoms with Crippen LogP contribution in [-0.2, 0) is 5.41 Å². The lowest BCUT2D eigenvalue weighted by atomic mass is 9.68. The van der Waals surface area contributed by atoms with Gasteiger partial charge in [-0.15, -0.1) is 0 Å². The van der Waals surface area contributed by atoms with Gasteiger partial charge in [-0.2, -0.15) is 0 Å². The second kappa shape index (κ2) is 4.17. The van der Waals surface area contributed by atoms with E-state index in [0.29, 0.717) is 12.5 Å². The van der Waals surface area contributed by atoms with Crippen LogP contribution in [0.2, 0.25) is 0 Å². The SMILES string of the molecule is CC1(C)CCC(CCN)c2ccc(F)cc21. The van der Waals surface area contributed by atoms with E-state index in [9.17, 15) is 4.39 Å². The van der Waals surface area contributed by atoms with Crippen LogP contribution in [0.5, 0.6) is 0 Å². The van der Waals surface area contributed by atoms with Crippen LogP contribution >= 0.6 is 0 Å². The monoisotopic (exact) mass is 221 g/mol. The smallest absolute Gasteiger partial charge is 0.123 e. The third kappa shape index (κ3) is 1.99. The third-order valence-corrected chi connectivity index (χ3v) is 3.82. The van der Waals surface area contributed by atoms with Crippen molar-refractivity contribution >= 4 is 0 Å². The lowest BCUT2D eigenvalue weighted by Gasteiger charge is -2.37. The van der Waals surface area contributed by atoms with E-state index in [1.54, 1.807) is 12.1 Å². The fraction of sp³-hybridized carbons (Fsp3) is 0.571. The van der Waals surface area contributed by atoms with Gasteiger partial charge < -0.3 is 5.73 Å². The highest BCUT2D eigenvalue weighted by Crippen LogP contribution is 2.43. The van der Waals surface area contributed by atoms with Crippen LogP contribution in [0.15, 0.2) is 18.2 Å². The van der Waals surface area contributed by atoms with E-state index in [4.69, 9.17) is 5.73 Å². The zero-order valence-electron chi connectivity index (χ0n) is 10.1. The van der Waals surface area contributed by atoms with Gasteiger partial charge in [-0.05, 0) is 60.4 Å². The summed E-state index contributed by atoms with van der Waals surface area (Å²) >= 11 is 0. The Balaban J connectivity index is 2.45. The molecular formula is C14H20FN. The van der Waals surface area contributed by atoms with Crippen molar-refractivity contribution in [2.45, 2.75) is 44.4 Å². The van der Waals surface area contributed by atoms with Crippen LogP contribution in [0.4, 0.5) is 4.39 Å². The summed E-state index contributed by atoms with van der Waals surface area (Å²) in [6.45, 7) is 5.11. The first-order chi connectivity index (χ1) is 7.54. The van der Waals surface area contributed by atoms with Gasteiger partial charge >= 0.3 is 0 Å². The van der Waals surface area contributed by atoms with Gasteiger partial charge in [-0.3, -0.25) is 0 Å². The summed E-state index contributed by atoms with van der Waals surface area (Å²) in [5, 5.41) is 0. The Labute approximate surface area is 96.9 Å². The minimum atomic E-state index is -0.125. The number of fused-ring (bicyclic) bond motifs is 1. The van der Waals surface area contributed by atoms with Crippen molar-refractivity contribution in [2.75, 3.05) is 6.54 Å². The summed E-state index contributed by atoms with van der Waals surface area (Å²) < 4.78 is 13.3. The molecule has 0 aromatic heterocycles. The molecule has 1 aromatic rings. The topological polar surface area (TPSA) is 26.0 Å². The van der Waals surface area contributed by atoms with E-state index >= 15 is 0 Å². The Morgan fingerprint density at radius 2 is 2.19 bits per heavy atom. The number of rotatable bonds is 2. The Morgan fingerprint density at radius 1 is 1.44 bits per heavy atom. The molecule has 0 fully saturated rings. The van der Waals surface area contributed by atoms with E-state index in [2.05, 4.69) is 13.8 Å². The minimum Gasteiger partial charge on any atom is -0.330 e. The molecule has 0 bridgehead atoms. The van der Waals surface area contributed by atoms with Crippen LogP contribution in [-0.4, -0.2) is 6.54 Å². The molecular weight excluding hydrogens is 201 g/mol. The molecule has 0 saturated heterocycles. The minimum absolute atomic E-state index is 0.0997. The number of benzene rings is 1. The molecule has 16 heavy (non-hydrogen) atoms. The summed E-state index contributed by atoms with van der Waals surface area (Å²) in [5.74, 6) is 0.397. The summed E-state index contributed by atoms with van der Waals surface area (Å²) in [6, 6.07) is 5.23. The Bertz CT molecular complexity index is 384. The first-order valence-electron chi connectivity index (χ1n) is 6.04. The predicted molar refractivity (Wildman–Crippen MR) is 65.1 cm³/mol. The highest BCUT2D eigenvalue weighted by Gasteiger charge is 2.32. The molecule has 0 heterocycles. The number of hydrogen-bond donors (Lipinski definition) is 1. The van der Waals surface area contributed by atoms with Crippen LogP contribution < -0.4 is 5.73 Å². The van der Waals surface area contributed by atoms with Crippen molar-refractivity contribution < 1.29 is 4.39 Å². The van der Waals surface area contributed by atoms with Gasteiger partial charge in [-0.25, -0.2) is 4.39 Å². The van der Waals surface area contributed by atoms with Crippen molar-refractivity contribution in [3.63, 3.8) is 0 Å². The molecule has 1 aliphatic rings. The lowest BCUT2D eigenvalue weighted by Crippen LogP contribution is -2.27. The van der Waals surface area contributed by atoms with Crippen LogP contribution in [0, 0.1) is 5.82 Å². The molecule has 1 aromatic carbocycles. The second-order valence-corrected chi connectivity index (χ2v) is 5.43. The molecule has 2 rings (SSSR count). The first kappa shape index (κ1) is 11.6. The zero-order chi connectivity index (χ0) is 11.8. The maximum Gasteiger partial charge on any atom is 0.123 e. The fourth-order valence-corrected chi connectivity index (χ4v) is 2.80. The van der Waals surface area contributed by atoms with Gasteiger partial charge in [-0.1, -0.05) is 19.9 Å². The van der Waals surface area contributed by atoms with Crippen LogP contribution in [0.1, 0.15) is 50.2 Å². The maximum atomic E-state index is 13.3. The molecule has 1 aliphatic carbocycles. The van der Waals surface area contributed by atoms with E-state index < -0.39 is 0 Å². The van der Waals surface area contributed by atoms with Gasteiger partial charge in [0.15, 0.2) is 0 Å². The fourth-order valence-electron chi connectivity index (χ4n) is 2.80. The first-order valence-corrected chi connectivity index (χ1v) is 6.04. The van der Waals surface area contributed by atoms with Gasteiger partial charge in [0.05, 0.1) is 0 Å². The molecule has 1 unspecified atom stereocenters. The lowest BCUT2D eigenvalue weighted by molar-refractivity contribution is 0.381. The molecule has 0 amide bonds. The second-order valence-electron chi connectivity index (χ2n) is 5.43. The summed E-state index contributed by atoms with van der Waals surface area (Å²) in [7, 11) is 0. The molecule has 1 atom stereocenters. The van der Waals surface area contributed by atoms with Crippen molar-refractivity contribution in [2.24, 2.45) is 5.73 Å². The molecule has 0 saturated carbocycles. The highest BCUT2D eigenvalue weighted by atomic mass is 19.1. The number of halogens is 1. The van der Waals surface area contributed by atoms with Crippen molar-refractivity contribution in [3.05, 3.63) is 35.1 Å². The molecule has 2 heteroatoms. The standard InChI is InChI=1S/C14H20FN/c1-14(2)7-5-10(6-8-16)12-4-3-11(15)9-13(12)14/h3-4,9-10H,5-8,16H2,1-2H3. The zero-order valence-corrected chi connectivity index (χ0v) is 10.1. The summed E-state index contributed by atoms with van der Waals surface area (Å²) in [5.41, 5.74) is 8.23. The van der Waals surface area contributed by atoms with E-state index in [1.165, 1.54) is 17.5 Å². The Hall–Kier alpha value is -0.890. The molecule has 2 N–H and O–H groups in total. The molecule has 0 spiro atoms. The molecule has 0 aliphatic heterocycles. The van der Waals surface area contributed by atoms with Crippen LogP contribution in [0.25, 0.3) is 0 Å². The molecule has 88 valence electrons. The van der Waals surface area contributed by atoms with Crippen molar-refractivity contribution in [1.29, 1.82) is 0 Å². The number of nitrogens with two attached hydrogens (primary N) is 1. The van der Waals surface area contributed by atoms with Crippen molar-refractivity contribution in [1.82, 2.24) is 0 Å². The third-order valence-electron chi connectivity index (χ3n) is 3.82. The quantitative estimate of drug-likeness (QED) is 0.814. The highest BCUT2D eigenvalue weighted by molar-refractivity contribution is 5.38. The molecule has 1 nitrogen and oxygen atoms in total. The normalized spacial score (nSPS) is 22.9. The predicted octanol–water partition coefficient (Wildman–Crippen LogP) is 3.33.